The van der Waals surface area contributed by atoms with Crippen molar-refractivity contribution in [2.24, 2.45) is 0 Å². The van der Waals surface area contributed by atoms with E-state index >= 15 is 0 Å². The van der Waals surface area contributed by atoms with Crippen molar-refractivity contribution in [3.8, 4) is 0 Å². The van der Waals surface area contributed by atoms with E-state index in [9.17, 15) is 10.0 Å². The molecule has 0 saturated heterocycles. The molecule has 5 heteroatoms. The monoisotopic (exact) mass is 177 g/mol. The number of hydrogen-bond donors (Lipinski definition) is 2. The number of allylic oxidation sites excluding steroid dienone is 2. The summed E-state index contributed by atoms with van der Waals surface area (Å²) >= 11 is 0. The summed E-state index contributed by atoms with van der Waals surface area (Å²) in [4.78, 5) is 10.2. The van der Waals surface area contributed by atoms with Crippen LogP contribution >= 0.6 is 12.4 Å². The molecule has 0 saturated carbocycles. The largest absolute Gasteiger partial charge is 0.629 e. The molecule has 1 unspecified atom stereocenters. The van der Waals surface area contributed by atoms with Gasteiger partial charge in [0, 0.05) is 0 Å². The number of halogens is 1. The van der Waals surface area contributed by atoms with Crippen molar-refractivity contribution in [1.29, 1.82) is 0 Å². The van der Waals surface area contributed by atoms with Crippen LogP contribution in [0.3, 0.4) is 0 Å². The molecule has 0 aliphatic carbocycles. The van der Waals surface area contributed by atoms with Crippen LogP contribution in [0.1, 0.15) is 0 Å². The summed E-state index contributed by atoms with van der Waals surface area (Å²) in [5, 5.41) is 18.8. The number of carboxylic acids is 1. The maximum atomic E-state index is 10.6. The van der Waals surface area contributed by atoms with E-state index in [1.165, 1.54) is 18.4 Å². The van der Waals surface area contributed by atoms with E-state index in [0.29, 0.717) is 0 Å². The molecular formula is C6H8ClNO3. The van der Waals surface area contributed by atoms with E-state index in [1.807, 2.05) is 0 Å². The van der Waals surface area contributed by atoms with Gasteiger partial charge in [-0.25, -0.2) is 4.79 Å². The topological polar surface area (TPSA) is 64.8 Å². The summed E-state index contributed by atoms with van der Waals surface area (Å²) in [6.07, 6.45) is 4.26. The van der Waals surface area contributed by atoms with Crippen LogP contribution in [0.25, 0.3) is 0 Å². The second kappa shape index (κ2) is 4.12. The molecule has 11 heavy (non-hydrogen) atoms. The van der Waals surface area contributed by atoms with E-state index < -0.39 is 5.97 Å². The fourth-order valence-corrected chi connectivity index (χ4v) is 0.724. The number of carbonyl (C=O) groups is 1. The molecule has 1 aliphatic rings. The second-order valence-electron chi connectivity index (χ2n) is 2.00. The molecule has 2 N–H and O–H groups in total. The predicted octanol–water partition coefficient (Wildman–Crippen LogP) is -0.671. The van der Waals surface area contributed by atoms with Crippen molar-refractivity contribution in [2.45, 2.75) is 0 Å². The number of carboxylic acid groups (broad SMARTS) is 1. The first-order valence-corrected chi connectivity index (χ1v) is 2.83. The van der Waals surface area contributed by atoms with Gasteiger partial charge in [-0.1, -0.05) is 0 Å². The van der Waals surface area contributed by atoms with Crippen LogP contribution in [0, 0.1) is 5.21 Å². The normalized spacial score (nSPS) is 21.9. The van der Waals surface area contributed by atoms with Crippen LogP contribution in [-0.2, 0) is 4.79 Å². The fourth-order valence-electron chi connectivity index (χ4n) is 0.724. The van der Waals surface area contributed by atoms with Gasteiger partial charge in [0.05, 0.1) is 11.8 Å². The van der Waals surface area contributed by atoms with Gasteiger partial charge in [-0.15, -0.1) is 12.4 Å². The minimum atomic E-state index is -1.02. The standard InChI is InChI=1S/C6H7NO3.ClH/c8-6(9)5-2-1-3-7(10)4-5;/h1-3,7H,4H2,(H,8,9);1H. The molecule has 4 nitrogen and oxygen atoms in total. The number of hydroxylamine groups is 2. The molecule has 0 fully saturated rings. The Morgan fingerprint density at radius 1 is 1.73 bits per heavy atom. The van der Waals surface area contributed by atoms with Crippen LogP contribution in [-0.4, -0.2) is 17.6 Å². The molecular weight excluding hydrogens is 170 g/mol. The van der Waals surface area contributed by atoms with Gasteiger partial charge < -0.3 is 15.4 Å². The highest BCUT2D eigenvalue weighted by Gasteiger charge is 2.11. The lowest BCUT2D eigenvalue weighted by atomic mass is 10.2. The Hall–Kier alpha value is -0.840. The molecule has 0 amide bonds. The van der Waals surface area contributed by atoms with Gasteiger partial charge in [-0.3, -0.25) is 0 Å². The summed E-state index contributed by atoms with van der Waals surface area (Å²) in [7, 11) is 0. The van der Waals surface area contributed by atoms with Crippen molar-refractivity contribution in [3.63, 3.8) is 0 Å². The van der Waals surface area contributed by atoms with E-state index in [0.717, 1.165) is 0 Å². The fraction of sp³-hybridized carbons (Fsp3) is 0.167. The molecule has 0 radical (unpaired) electrons. The lowest BCUT2D eigenvalue weighted by molar-refractivity contribution is -0.785. The van der Waals surface area contributed by atoms with Crippen molar-refractivity contribution in [1.82, 2.24) is 0 Å². The smallest absolute Gasteiger partial charge is 0.337 e. The van der Waals surface area contributed by atoms with Gasteiger partial charge >= 0.3 is 5.97 Å². The maximum absolute atomic E-state index is 10.6. The van der Waals surface area contributed by atoms with Crippen molar-refractivity contribution in [2.75, 3.05) is 6.54 Å². The zero-order valence-electron chi connectivity index (χ0n) is 5.61. The van der Waals surface area contributed by atoms with Crippen LogP contribution in [0.2, 0.25) is 0 Å². The van der Waals surface area contributed by atoms with Gasteiger partial charge in [0.25, 0.3) is 0 Å². The van der Waals surface area contributed by atoms with Gasteiger partial charge in [0.2, 0.25) is 0 Å². The van der Waals surface area contributed by atoms with E-state index in [2.05, 4.69) is 0 Å². The first-order chi connectivity index (χ1) is 4.70. The summed E-state index contributed by atoms with van der Waals surface area (Å²) in [6, 6.07) is 0. The zero-order valence-corrected chi connectivity index (χ0v) is 6.43. The first-order valence-electron chi connectivity index (χ1n) is 2.83. The molecule has 1 heterocycles. The molecule has 0 aromatic heterocycles. The Morgan fingerprint density at radius 2 is 2.36 bits per heavy atom. The average molecular weight is 178 g/mol. The summed E-state index contributed by atoms with van der Waals surface area (Å²) in [5.74, 6) is -1.02. The Morgan fingerprint density at radius 3 is 2.73 bits per heavy atom. The highest BCUT2D eigenvalue weighted by molar-refractivity contribution is 5.87. The lowest BCUT2D eigenvalue weighted by Gasteiger charge is -2.19. The van der Waals surface area contributed by atoms with Gasteiger partial charge in [-0.05, 0) is 12.2 Å². The van der Waals surface area contributed by atoms with Gasteiger partial charge in [0.1, 0.15) is 6.54 Å². The SMILES string of the molecule is Cl.O=C(O)C1=CC=C[NH+]([O-])C1. The summed E-state index contributed by atoms with van der Waals surface area (Å²) < 4.78 is 0. The highest BCUT2D eigenvalue weighted by Crippen LogP contribution is 1.93. The third-order valence-electron chi connectivity index (χ3n) is 1.22. The van der Waals surface area contributed by atoms with Crippen molar-refractivity contribution in [3.05, 3.63) is 29.1 Å². The van der Waals surface area contributed by atoms with Gasteiger partial charge in [0.15, 0.2) is 0 Å². The Labute approximate surface area is 69.8 Å². The number of rotatable bonds is 1. The molecule has 0 spiro atoms. The number of quaternary nitrogens is 1. The lowest BCUT2D eigenvalue weighted by Crippen LogP contribution is -3.03. The number of aliphatic carboxylic acids is 1. The minimum Gasteiger partial charge on any atom is -0.629 e. The Balaban J connectivity index is 0.000001000. The van der Waals surface area contributed by atoms with Crippen LogP contribution < -0.4 is 5.06 Å². The highest BCUT2D eigenvalue weighted by atomic mass is 35.5. The number of nitrogens with one attached hydrogen (secondary N) is 1. The first kappa shape index (κ1) is 10.2. The van der Waals surface area contributed by atoms with Crippen LogP contribution in [0.4, 0.5) is 0 Å². The van der Waals surface area contributed by atoms with E-state index in [4.69, 9.17) is 5.11 Å². The van der Waals surface area contributed by atoms with E-state index in [-0.39, 0.29) is 29.6 Å². The third kappa shape index (κ3) is 2.71. The van der Waals surface area contributed by atoms with Crippen LogP contribution in [0.5, 0.6) is 0 Å². The number of hydrogen-bond acceptors (Lipinski definition) is 2. The Kier molecular flexibility index (Phi) is 3.81. The third-order valence-corrected chi connectivity index (χ3v) is 1.22. The molecule has 1 aliphatic heterocycles. The van der Waals surface area contributed by atoms with Gasteiger partial charge in [-0.2, -0.15) is 0 Å². The summed E-state index contributed by atoms with van der Waals surface area (Å²) in [6.45, 7) is 0.0197. The Bertz CT molecular complexity index is 212. The van der Waals surface area contributed by atoms with Crippen molar-refractivity contribution < 1.29 is 15.0 Å². The van der Waals surface area contributed by atoms with Crippen LogP contribution in [0.15, 0.2) is 23.9 Å². The molecule has 0 aromatic carbocycles. The van der Waals surface area contributed by atoms with E-state index in [1.54, 1.807) is 0 Å². The summed E-state index contributed by atoms with van der Waals surface area (Å²) in [5.41, 5.74) is 0.160. The van der Waals surface area contributed by atoms with Crippen molar-refractivity contribution >= 4 is 18.4 Å². The molecule has 62 valence electrons. The maximum Gasteiger partial charge on any atom is 0.337 e. The predicted molar refractivity (Wildman–Crippen MR) is 41.3 cm³/mol. The molecule has 1 atom stereocenters. The average Bonchev–Trinajstić information content (AvgIpc) is 1.88. The minimum absolute atomic E-state index is 0. The second-order valence-corrected chi connectivity index (χ2v) is 2.00. The molecule has 1 rings (SSSR count). The quantitative estimate of drug-likeness (QED) is 0.522. The molecule has 0 bridgehead atoms. The zero-order chi connectivity index (χ0) is 7.56. The molecule has 0 aromatic rings.